The summed E-state index contributed by atoms with van der Waals surface area (Å²) >= 11 is 0. The van der Waals surface area contributed by atoms with Gasteiger partial charge in [-0.3, -0.25) is 9.20 Å². The third kappa shape index (κ3) is 3.48. The minimum absolute atomic E-state index is 0.0722. The van der Waals surface area contributed by atoms with Crippen LogP contribution in [0.15, 0.2) is 48.8 Å². The maximum absolute atomic E-state index is 14.1. The van der Waals surface area contributed by atoms with Crippen LogP contribution >= 0.6 is 0 Å². The Kier molecular flexibility index (Phi) is 4.77. The van der Waals surface area contributed by atoms with Crippen LogP contribution < -0.4 is 0 Å². The lowest BCUT2D eigenvalue weighted by Crippen LogP contribution is -2.28. The molecular weight excluding hydrogens is 400 g/mol. The van der Waals surface area contributed by atoms with Gasteiger partial charge in [-0.2, -0.15) is 0 Å². The van der Waals surface area contributed by atoms with Gasteiger partial charge in [0.25, 0.3) is 5.91 Å². The van der Waals surface area contributed by atoms with E-state index < -0.39 is 11.6 Å². The van der Waals surface area contributed by atoms with Crippen LogP contribution in [0.3, 0.4) is 0 Å². The van der Waals surface area contributed by atoms with Crippen LogP contribution in [-0.2, 0) is 6.54 Å². The van der Waals surface area contributed by atoms with E-state index in [4.69, 9.17) is 0 Å². The lowest BCUT2D eigenvalue weighted by atomic mass is 10.2. The van der Waals surface area contributed by atoms with Crippen LogP contribution in [0.2, 0.25) is 0 Å². The summed E-state index contributed by atoms with van der Waals surface area (Å²) in [5, 5.41) is 0. The SMILES string of the molecule is Cc1nc(-c2nc(C(=O)N3CCCC3)c3ccccn23)cn1Cc1ccc(F)cc1F. The molecule has 5 rings (SSSR count). The van der Waals surface area contributed by atoms with Crippen molar-refractivity contribution in [3.05, 3.63) is 77.5 Å². The van der Waals surface area contributed by atoms with Crippen molar-refractivity contribution in [2.24, 2.45) is 0 Å². The number of nitrogens with zero attached hydrogens (tertiary/aromatic N) is 5. The smallest absolute Gasteiger partial charge is 0.274 e. The van der Waals surface area contributed by atoms with E-state index in [-0.39, 0.29) is 12.5 Å². The first-order chi connectivity index (χ1) is 15.0. The number of pyridine rings is 1. The number of benzene rings is 1. The standard InChI is InChI=1S/C23H21F2N5O/c1-15-26-19(14-29(15)13-16-7-8-17(24)12-18(16)25)22-27-21(20-6-2-3-11-30(20)22)23(31)28-9-4-5-10-28/h2-3,6-8,11-12,14H,4-5,9-10,13H2,1H3. The van der Waals surface area contributed by atoms with Gasteiger partial charge in [0, 0.05) is 37.1 Å². The summed E-state index contributed by atoms with van der Waals surface area (Å²) in [6, 6.07) is 9.17. The first-order valence-corrected chi connectivity index (χ1v) is 10.3. The molecule has 0 radical (unpaired) electrons. The Hall–Kier alpha value is -3.55. The van der Waals surface area contributed by atoms with Gasteiger partial charge in [-0.05, 0) is 38.0 Å². The molecule has 0 atom stereocenters. The van der Waals surface area contributed by atoms with E-state index in [0.29, 0.717) is 28.6 Å². The normalized spacial score (nSPS) is 14.0. The molecule has 0 saturated carbocycles. The Morgan fingerprint density at radius 3 is 2.68 bits per heavy atom. The van der Waals surface area contributed by atoms with Crippen molar-refractivity contribution >= 4 is 11.4 Å². The van der Waals surface area contributed by atoms with E-state index in [1.165, 1.54) is 12.1 Å². The number of aryl methyl sites for hydroxylation is 1. The summed E-state index contributed by atoms with van der Waals surface area (Å²) in [5.41, 5.74) is 2.09. The van der Waals surface area contributed by atoms with E-state index >= 15 is 0 Å². The summed E-state index contributed by atoms with van der Waals surface area (Å²) in [7, 11) is 0. The molecule has 8 heteroatoms. The van der Waals surface area contributed by atoms with Crippen molar-refractivity contribution in [2.45, 2.75) is 26.3 Å². The topological polar surface area (TPSA) is 55.4 Å². The summed E-state index contributed by atoms with van der Waals surface area (Å²) < 4.78 is 31.0. The van der Waals surface area contributed by atoms with Crippen molar-refractivity contribution < 1.29 is 13.6 Å². The average Bonchev–Trinajstić information content (AvgIpc) is 3.49. The fraction of sp³-hybridized carbons (Fsp3) is 0.261. The number of aromatic nitrogens is 4. The predicted octanol–water partition coefficient (Wildman–Crippen LogP) is 4.07. The highest BCUT2D eigenvalue weighted by molar-refractivity contribution is 6.00. The quantitative estimate of drug-likeness (QED) is 0.499. The lowest BCUT2D eigenvalue weighted by Gasteiger charge is -2.13. The first-order valence-electron chi connectivity index (χ1n) is 10.3. The number of halogens is 2. The van der Waals surface area contributed by atoms with Crippen LogP contribution in [-0.4, -0.2) is 42.8 Å². The number of rotatable bonds is 4. The van der Waals surface area contributed by atoms with Gasteiger partial charge in [0.05, 0.1) is 12.1 Å². The number of fused-ring (bicyclic) bond motifs is 1. The number of amides is 1. The molecule has 0 aliphatic carbocycles. The first kappa shape index (κ1) is 19.4. The molecular formula is C23H21F2N5O. The average molecular weight is 421 g/mol. The Morgan fingerprint density at radius 1 is 1.10 bits per heavy atom. The second-order valence-corrected chi connectivity index (χ2v) is 7.78. The molecule has 1 fully saturated rings. The van der Waals surface area contributed by atoms with Crippen molar-refractivity contribution in [3.8, 4) is 11.5 Å². The third-order valence-corrected chi connectivity index (χ3v) is 5.71. The second kappa shape index (κ2) is 7.61. The van der Waals surface area contributed by atoms with Gasteiger partial charge in [0.1, 0.15) is 23.2 Å². The number of hydrogen-bond acceptors (Lipinski definition) is 3. The van der Waals surface area contributed by atoms with Gasteiger partial charge in [-0.1, -0.05) is 12.1 Å². The molecule has 1 aliphatic rings. The molecule has 3 aromatic heterocycles. The highest BCUT2D eigenvalue weighted by atomic mass is 19.1. The Morgan fingerprint density at radius 2 is 1.90 bits per heavy atom. The van der Waals surface area contributed by atoms with Gasteiger partial charge < -0.3 is 9.47 Å². The molecule has 1 amide bonds. The third-order valence-electron chi connectivity index (χ3n) is 5.71. The molecule has 6 nitrogen and oxygen atoms in total. The van der Waals surface area contributed by atoms with E-state index in [1.807, 2.05) is 40.6 Å². The zero-order valence-corrected chi connectivity index (χ0v) is 17.1. The largest absolute Gasteiger partial charge is 0.337 e. The lowest BCUT2D eigenvalue weighted by molar-refractivity contribution is 0.0789. The summed E-state index contributed by atoms with van der Waals surface area (Å²) in [5.74, 6) is -0.0573. The predicted molar refractivity (Wildman–Crippen MR) is 112 cm³/mol. The second-order valence-electron chi connectivity index (χ2n) is 7.78. The minimum Gasteiger partial charge on any atom is -0.337 e. The van der Waals surface area contributed by atoms with Crippen molar-refractivity contribution in [2.75, 3.05) is 13.1 Å². The van der Waals surface area contributed by atoms with Crippen LogP contribution in [0.25, 0.3) is 17.0 Å². The molecule has 0 spiro atoms. The highest BCUT2D eigenvalue weighted by Crippen LogP contribution is 2.25. The van der Waals surface area contributed by atoms with Crippen LogP contribution in [0, 0.1) is 18.6 Å². The van der Waals surface area contributed by atoms with Gasteiger partial charge >= 0.3 is 0 Å². The number of likely N-dealkylation sites (tertiary alicyclic amines) is 1. The fourth-order valence-corrected chi connectivity index (χ4v) is 4.06. The Labute approximate surface area is 177 Å². The Bertz CT molecular complexity index is 1290. The van der Waals surface area contributed by atoms with E-state index in [2.05, 4.69) is 9.97 Å². The molecule has 0 N–H and O–H groups in total. The molecule has 1 saturated heterocycles. The zero-order valence-electron chi connectivity index (χ0n) is 17.1. The van der Waals surface area contributed by atoms with E-state index in [9.17, 15) is 13.6 Å². The minimum atomic E-state index is -0.608. The molecule has 158 valence electrons. The molecule has 1 aliphatic heterocycles. The monoisotopic (exact) mass is 421 g/mol. The van der Waals surface area contributed by atoms with E-state index in [1.54, 1.807) is 10.8 Å². The van der Waals surface area contributed by atoms with Gasteiger partial charge in [-0.15, -0.1) is 0 Å². The molecule has 0 unspecified atom stereocenters. The highest BCUT2D eigenvalue weighted by Gasteiger charge is 2.26. The molecule has 4 heterocycles. The summed E-state index contributed by atoms with van der Waals surface area (Å²) in [6.45, 7) is 3.53. The number of imidazole rings is 2. The zero-order chi connectivity index (χ0) is 21.5. The van der Waals surface area contributed by atoms with Gasteiger partial charge in [0.15, 0.2) is 11.5 Å². The Balaban J connectivity index is 1.54. The molecule has 31 heavy (non-hydrogen) atoms. The maximum Gasteiger partial charge on any atom is 0.274 e. The fourth-order valence-electron chi connectivity index (χ4n) is 4.06. The molecule has 0 bridgehead atoms. The number of carbonyl (C=O) groups excluding carboxylic acids is 1. The number of carbonyl (C=O) groups is 1. The van der Waals surface area contributed by atoms with Crippen molar-refractivity contribution in [1.82, 2.24) is 23.8 Å². The van der Waals surface area contributed by atoms with Crippen molar-refractivity contribution in [3.63, 3.8) is 0 Å². The maximum atomic E-state index is 14.1. The number of hydrogen-bond donors (Lipinski definition) is 0. The van der Waals surface area contributed by atoms with Crippen LogP contribution in [0.5, 0.6) is 0 Å². The van der Waals surface area contributed by atoms with Gasteiger partial charge in [0.2, 0.25) is 0 Å². The van der Waals surface area contributed by atoms with Crippen molar-refractivity contribution in [1.29, 1.82) is 0 Å². The summed E-state index contributed by atoms with van der Waals surface area (Å²) in [4.78, 5) is 24.1. The van der Waals surface area contributed by atoms with Crippen LogP contribution in [0.4, 0.5) is 8.78 Å². The molecule has 1 aromatic carbocycles. The molecule has 4 aromatic rings. The van der Waals surface area contributed by atoms with Gasteiger partial charge in [-0.25, -0.2) is 18.7 Å². The summed E-state index contributed by atoms with van der Waals surface area (Å²) in [6.07, 6.45) is 5.65. The van der Waals surface area contributed by atoms with E-state index in [0.717, 1.165) is 37.5 Å². The van der Waals surface area contributed by atoms with Crippen LogP contribution in [0.1, 0.15) is 34.7 Å².